The minimum Gasteiger partial charge on any atom is -0.496 e. The number of likely N-dealkylation sites (tertiary alicyclic amines) is 1. The Bertz CT molecular complexity index is 941. The molecule has 1 unspecified atom stereocenters. The van der Waals surface area contributed by atoms with Crippen molar-refractivity contribution in [1.29, 1.82) is 0 Å². The van der Waals surface area contributed by atoms with Crippen LogP contribution < -0.4 is 9.47 Å². The van der Waals surface area contributed by atoms with Gasteiger partial charge < -0.3 is 19.4 Å². The van der Waals surface area contributed by atoms with Crippen molar-refractivity contribution in [3.63, 3.8) is 0 Å². The Balaban J connectivity index is 1.63. The van der Waals surface area contributed by atoms with E-state index in [1.807, 2.05) is 17.0 Å². The van der Waals surface area contributed by atoms with E-state index in [4.69, 9.17) is 9.47 Å². The number of aromatic amines is 1. The number of benzene rings is 2. The van der Waals surface area contributed by atoms with E-state index in [1.54, 1.807) is 26.4 Å². The Morgan fingerprint density at radius 2 is 1.85 bits per heavy atom. The van der Waals surface area contributed by atoms with Crippen LogP contribution in [0.2, 0.25) is 0 Å². The van der Waals surface area contributed by atoms with Crippen LogP contribution in [-0.2, 0) is 6.42 Å². The summed E-state index contributed by atoms with van der Waals surface area (Å²) in [6, 6.07) is 13.9. The first-order chi connectivity index (χ1) is 13.2. The summed E-state index contributed by atoms with van der Waals surface area (Å²) in [5.74, 6) is 1.08. The van der Waals surface area contributed by atoms with Crippen molar-refractivity contribution in [3.05, 3.63) is 59.8 Å². The van der Waals surface area contributed by atoms with E-state index in [0.717, 1.165) is 31.3 Å². The third kappa shape index (κ3) is 3.14. The quantitative estimate of drug-likeness (QED) is 0.744. The second-order valence-corrected chi connectivity index (χ2v) is 6.90. The van der Waals surface area contributed by atoms with Crippen LogP contribution >= 0.6 is 0 Å². The maximum absolute atomic E-state index is 13.4. The SMILES string of the molecule is COc1cccc(OC)c1C(=O)N1CCCC1Cc1c[nH]c2ccccc12. The van der Waals surface area contributed by atoms with Crippen LogP contribution in [0.25, 0.3) is 10.9 Å². The fourth-order valence-corrected chi connectivity index (χ4v) is 4.08. The maximum atomic E-state index is 13.4. The van der Waals surface area contributed by atoms with Gasteiger partial charge in [-0.3, -0.25) is 4.79 Å². The number of rotatable bonds is 5. The number of carbonyl (C=O) groups is 1. The van der Waals surface area contributed by atoms with Gasteiger partial charge in [0.2, 0.25) is 0 Å². The third-order valence-electron chi connectivity index (χ3n) is 5.41. The molecule has 0 aliphatic carbocycles. The summed E-state index contributed by atoms with van der Waals surface area (Å²) in [6.45, 7) is 0.757. The first-order valence-corrected chi connectivity index (χ1v) is 9.30. The highest BCUT2D eigenvalue weighted by molar-refractivity contribution is 6.00. The smallest absolute Gasteiger partial charge is 0.261 e. The number of methoxy groups -OCH3 is 2. The molecule has 4 rings (SSSR count). The zero-order chi connectivity index (χ0) is 18.8. The summed E-state index contributed by atoms with van der Waals surface area (Å²) in [4.78, 5) is 18.7. The molecule has 1 N–H and O–H groups in total. The molecule has 0 radical (unpaired) electrons. The summed E-state index contributed by atoms with van der Waals surface area (Å²) >= 11 is 0. The summed E-state index contributed by atoms with van der Waals surface area (Å²) in [7, 11) is 3.16. The molecule has 2 aromatic carbocycles. The van der Waals surface area contributed by atoms with E-state index in [2.05, 4.69) is 29.4 Å². The molecule has 1 saturated heterocycles. The molecule has 1 fully saturated rings. The molecule has 0 bridgehead atoms. The number of nitrogens with one attached hydrogen (secondary N) is 1. The Morgan fingerprint density at radius 3 is 2.59 bits per heavy atom. The van der Waals surface area contributed by atoms with Gasteiger partial charge in [-0.25, -0.2) is 0 Å². The Kier molecular flexibility index (Phi) is 4.75. The van der Waals surface area contributed by atoms with Crippen LogP contribution in [0, 0.1) is 0 Å². The normalized spacial score (nSPS) is 16.7. The van der Waals surface area contributed by atoms with Crippen molar-refractivity contribution < 1.29 is 14.3 Å². The van der Waals surface area contributed by atoms with Gasteiger partial charge in [0.25, 0.3) is 5.91 Å². The number of carbonyl (C=O) groups excluding carboxylic acids is 1. The summed E-state index contributed by atoms with van der Waals surface area (Å²) in [5.41, 5.74) is 2.89. The number of nitrogens with zero attached hydrogens (tertiary/aromatic N) is 1. The molecule has 140 valence electrons. The molecule has 5 heteroatoms. The van der Waals surface area contributed by atoms with Crippen LogP contribution in [0.5, 0.6) is 11.5 Å². The van der Waals surface area contributed by atoms with Crippen molar-refractivity contribution in [2.24, 2.45) is 0 Å². The monoisotopic (exact) mass is 364 g/mol. The summed E-state index contributed by atoms with van der Waals surface area (Å²) < 4.78 is 10.9. The van der Waals surface area contributed by atoms with Gasteiger partial charge in [0.05, 0.1) is 14.2 Å². The molecule has 1 aliphatic heterocycles. The van der Waals surface area contributed by atoms with Crippen molar-refractivity contribution in [2.45, 2.75) is 25.3 Å². The van der Waals surface area contributed by atoms with E-state index in [9.17, 15) is 4.79 Å². The van der Waals surface area contributed by atoms with Gasteiger partial charge in [-0.15, -0.1) is 0 Å². The number of H-pyrrole nitrogens is 1. The molecule has 2 heterocycles. The van der Waals surface area contributed by atoms with E-state index in [-0.39, 0.29) is 11.9 Å². The van der Waals surface area contributed by atoms with Crippen LogP contribution in [0.4, 0.5) is 0 Å². The molecule has 1 aliphatic rings. The lowest BCUT2D eigenvalue weighted by atomic mass is 10.0. The molecular weight excluding hydrogens is 340 g/mol. The van der Waals surface area contributed by atoms with Crippen molar-refractivity contribution in [1.82, 2.24) is 9.88 Å². The molecule has 5 nitrogen and oxygen atoms in total. The molecule has 0 saturated carbocycles. The Morgan fingerprint density at radius 1 is 1.11 bits per heavy atom. The molecule has 1 atom stereocenters. The predicted octanol–water partition coefficient (Wildman–Crippen LogP) is 4.03. The highest BCUT2D eigenvalue weighted by Gasteiger charge is 2.33. The number of para-hydroxylation sites is 1. The van der Waals surface area contributed by atoms with Crippen LogP contribution in [0.1, 0.15) is 28.8 Å². The lowest BCUT2D eigenvalue weighted by Crippen LogP contribution is -2.37. The first-order valence-electron chi connectivity index (χ1n) is 9.30. The fourth-order valence-electron chi connectivity index (χ4n) is 4.08. The molecule has 3 aromatic rings. The van der Waals surface area contributed by atoms with Gasteiger partial charge >= 0.3 is 0 Å². The summed E-state index contributed by atoms with van der Waals surface area (Å²) in [5, 5.41) is 1.23. The zero-order valence-corrected chi connectivity index (χ0v) is 15.7. The second kappa shape index (κ2) is 7.35. The van der Waals surface area contributed by atoms with Gasteiger partial charge in [-0.2, -0.15) is 0 Å². The topological polar surface area (TPSA) is 54.6 Å². The standard InChI is InChI=1S/C22H24N2O3/c1-26-19-10-5-11-20(27-2)21(19)22(25)24-12-6-7-16(24)13-15-14-23-18-9-4-3-8-17(15)18/h3-5,8-11,14,16,23H,6-7,12-13H2,1-2H3. The average molecular weight is 364 g/mol. The minimum atomic E-state index is -0.0216. The predicted molar refractivity (Wildman–Crippen MR) is 106 cm³/mol. The van der Waals surface area contributed by atoms with Crippen LogP contribution in [0.15, 0.2) is 48.7 Å². The highest BCUT2D eigenvalue weighted by atomic mass is 16.5. The first kappa shape index (κ1) is 17.5. The second-order valence-electron chi connectivity index (χ2n) is 6.90. The summed E-state index contributed by atoms with van der Waals surface area (Å²) in [6.07, 6.45) is 4.92. The van der Waals surface area contributed by atoms with E-state index >= 15 is 0 Å². The molecule has 1 amide bonds. The van der Waals surface area contributed by atoms with Gasteiger partial charge in [0.15, 0.2) is 0 Å². The highest BCUT2D eigenvalue weighted by Crippen LogP contribution is 2.33. The largest absolute Gasteiger partial charge is 0.496 e. The lowest BCUT2D eigenvalue weighted by Gasteiger charge is -2.26. The van der Waals surface area contributed by atoms with E-state index in [0.29, 0.717) is 17.1 Å². The van der Waals surface area contributed by atoms with Crippen molar-refractivity contribution in [3.8, 4) is 11.5 Å². The Hall–Kier alpha value is -2.95. The van der Waals surface area contributed by atoms with Gasteiger partial charge in [-0.05, 0) is 43.0 Å². The van der Waals surface area contributed by atoms with E-state index < -0.39 is 0 Å². The minimum absolute atomic E-state index is 0.0216. The number of amides is 1. The van der Waals surface area contributed by atoms with Gasteiger partial charge in [0.1, 0.15) is 17.1 Å². The Labute approximate surface area is 158 Å². The number of ether oxygens (including phenoxy) is 2. The van der Waals surface area contributed by atoms with Crippen LogP contribution in [-0.4, -0.2) is 42.6 Å². The van der Waals surface area contributed by atoms with Gasteiger partial charge in [0, 0.05) is 29.7 Å². The van der Waals surface area contributed by atoms with Gasteiger partial charge in [-0.1, -0.05) is 24.3 Å². The number of aromatic nitrogens is 1. The lowest BCUT2D eigenvalue weighted by molar-refractivity contribution is 0.0729. The zero-order valence-electron chi connectivity index (χ0n) is 15.7. The van der Waals surface area contributed by atoms with E-state index in [1.165, 1.54) is 10.9 Å². The molecule has 27 heavy (non-hydrogen) atoms. The third-order valence-corrected chi connectivity index (χ3v) is 5.41. The number of fused-ring (bicyclic) bond motifs is 1. The van der Waals surface area contributed by atoms with Crippen molar-refractivity contribution in [2.75, 3.05) is 20.8 Å². The fraction of sp³-hybridized carbons (Fsp3) is 0.318. The molecule has 0 spiro atoms. The van der Waals surface area contributed by atoms with Crippen LogP contribution in [0.3, 0.4) is 0 Å². The average Bonchev–Trinajstić information content (AvgIpc) is 3.34. The molecular formula is C22H24N2O3. The number of hydrogen-bond acceptors (Lipinski definition) is 3. The maximum Gasteiger partial charge on any atom is 0.261 e. The van der Waals surface area contributed by atoms with Crippen molar-refractivity contribution >= 4 is 16.8 Å². The number of hydrogen-bond donors (Lipinski definition) is 1. The molecule has 1 aromatic heterocycles.